The summed E-state index contributed by atoms with van der Waals surface area (Å²) < 4.78 is 0. The maximum Gasteiger partial charge on any atom is 0.251 e. The first-order valence-corrected chi connectivity index (χ1v) is 9.06. The number of amides is 1. The van der Waals surface area contributed by atoms with Crippen LogP contribution in [-0.2, 0) is 0 Å². The first-order valence-electron chi connectivity index (χ1n) is 9.06. The minimum absolute atomic E-state index is 0.0594. The highest BCUT2D eigenvalue weighted by molar-refractivity contribution is 5.94. The standard InChI is InChI=1S/C19H31N3O2/c1-13(2)11-17(23)15-6-9-22(10-7-15)18-12-16(5-8-20-18)19(24)21-14(3)4/h5,8,12-15,17,23H,6-7,9-11H2,1-4H3,(H,21,24)/t17-/m0/s1. The molecule has 2 heterocycles. The van der Waals surface area contributed by atoms with E-state index < -0.39 is 0 Å². The summed E-state index contributed by atoms with van der Waals surface area (Å²) in [6, 6.07) is 3.73. The van der Waals surface area contributed by atoms with Crippen LogP contribution in [0.15, 0.2) is 18.3 Å². The molecule has 134 valence electrons. The van der Waals surface area contributed by atoms with Gasteiger partial charge in [-0.05, 0) is 57.1 Å². The normalized spacial score (nSPS) is 17.4. The van der Waals surface area contributed by atoms with Crippen molar-refractivity contribution in [2.75, 3.05) is 18.0 Å². The van der Waals surface area contributed by atoms with Crippen LogP contribution < -0.4 is 10.2 Å². The van der Waals surface area contributed by atoms with Crippen molar-refractivity contribution in [2.24, 2.45) is 11.8 Å². The topological polar surface area (TPSA) is 65.5 Å². The lowest BCUT2D eigenvalue weighted by molar-refractivity contribution is 0.0734. The van der Waals surface area contributed by atoms with E-state index in [9.17, 15) is 9.90 Å². The molecule has 5 nitrogen and oxygen atoms in total. The van der Waals surface area contributed by atoms with Crippen molar-refractivity contribution in [3.8, 4) is 0 Å². The maximum absolute atomic E-state index is 12.1. The summed E-state index contributed by atoms with van der Waals surface area (Å²) in [5.41, 5.74) is 0.649. The molecular formula is C19H31N3O2. The van der Waals surface area contributed by atoms with Crippen LogP contribution in [-0.4, -0.2) is 41.2 Å². The van der Waals surface area contributed by atoms with E-state index in [1.54, 1.807) is 12.3 Å². The van der Waals surface area contributed by atoms with Crippen molar-refractivity contribution in [3.05, 3.63) is 23.9 Å². The minimum Gasteiger partial charge on any atom is -0.393 e. The number of rotatable bonds is 6. The summed E-state index contributed by atoms with van der Waals surface area (Å²) in [6.07, 6.45) is 4.30. The molecule has 1 saturated heterocycles. The van der Waals surface area contributed by atoms with E-state index in [1.165, 1.54) is 0 Å². The minimum atomic E-state index is -0.205. The van der Waals surface area contributed by atoms with Gasteiger partial charge in [0.2, 0.25) is 0 Å². The lowest BCUT2D eigenvalue weighted by Gasteiger charge is -2.35. The van der Waals surface area contributed by atoms with Crippen LogP contribution in [0.1, 0.15) is 57.3 Å². The number of hydrogen-bond donors (Lipinski definition) is 2. The zero-order chi connectivity index (χ0) is 17.7. The fourth-order valence-electron chi connectivity index (χ4n) is 3.27. The SMILES string of the molecule is CC(C)C[C@H](O)C1CCN(c2cc(C(=O)NC(C)C)ccn2)CC1. The van der Waals surface area contributed by atoms with Crippen molar-refractivity contribution in [1.82, 2.24) is 10.3 Å². The molecule has 2 N–H and O–H groups in total. The van der Waals surface area contributed by atoms with Gasteiger partial charge >= 0.3 is 0 Å². The molecule has 1 fully saturated rings. The highest BCUT2D eigenvalue weighted by Gasteiger charge is 2.26. The quantitative estimate of drug-likeness (QED) is 0.840. The largest absolute Gasteiger partial charge is 0.393 e. The third-order valence-electron chi connectivity index (χ3n) is 4.55. The van der Waals surface area contributed by atoms with Gasteiger partial charge in [-0.3, -0.25) is 4.79 Å². The molecule has 1 atom stereocenters. The number of aliphatic hydroxyl groups excluding tert-OH is 1. The number of carbonyl (C=O) groups excluding carboxylic acids is 1. The average Bonchev–Trinajstić information content (AvgIpc) is 2.54. The van der Waals surface area contributed by atoms with Crippen molar-refractivity contribution in [2.45, 2.75) is 59.1 Å². The van der Waals surface area contributed by atoms with Crippen LogP contribution in [0.3, 0.4) is 0 Å². The Labute approximate surface area is 145 Å². The fraction of sp³-hybridized carbons (Fsp3) is 0.684. The summed E-state index contributed by atoms with van der Waals surface area (Å²) in [5.74, 6) is 1.69. The number of nitrogens with zero attached hydrogens (tertiary/aromatic N) is 2. The summed E-state index contributed by atoms with van der Waals surface area (Å²) >= 11 is 0. The van der Waals surface area contributed by atoms with Crippen LogP contribution in [0.25, 0.3) is 0 Å². The summed E-state index contributed by atoms with van der Waals surface area (Å²) in [4.78, 5) is 18.8. The van der Waals surface area contributed by atoms with Gasteiger partial charge in [-0.1, -0.05) is 13.8 Å². The Morgan fingerprint density at radius 2 is 2.00 bits per heavy atom. The molecule has 0 aliphatic carbocycles. The number of pyridine rings is 1. The van der Waals surface area contributed by atoms with Crippen LogP contribution in [0.2, 0.25) is 0 Å². The molecule has 0 radical (unpaired) electrons. The lowest BCUT2D eigenvalue weighted by atomic mass is 9.87. The Morgan fingerprint density at radius 3 is 2.58 bits per heavy atom. The van der Waals surface area contributed by atoms with E-state index in [0.29, 0.717) is 17.4 Å². The molecule has 0 saturated carbocycles. The zero-order valence-corrected chi connectivity index (χ0v) is 15.3. The van der Waals surface area contributed by atoms with E-state index in [-0.39, 0.29) is 18.1 Å². The van der Waals surface area contributed by atoms with E-state index >= 15 is 0 Å². The van der Waals surface area contributed by atoms with E-state index in [0.717, 1.165) is 38.2 Å². The number of aliphatic hydroxyl groups is 1. The van der Waals surface area contributed by atoms with E-state index in [1.807, 2.05) is 19.9 Å². The Balaban J connectivity index is 1.95. The Morgan fingerprint density at radius 1 is 1.33 bits per heavy atom. The number of anilines is 1. The second-order valence-corrected chi connectivity index (χ2v) is 7.55. The van der Waals surface area contributed by atoms with Crippen LogP contribution in [0, 0.1) is 11.8 Å². The maximum atomic E-state index is 12.1. The lowest BCUT2D eigenvalue weighted by Crippen LogP contribution is -2.38. The summed E-state index contributed by atoms with van der Waals surface area (Å²) in [5, 5.41) is 13.2. The highest BCUT2D eigenvalue weighted by Crippen LogP contribution is 2.27. The third kappa shape index (κ3) is 5.20. The van der Waals surface area contributed by atoms with Gasteiger partial charge in [0.1, 0.15) is 5.82 Å². The molecule has 24 heavy (non-hydrogen) atoms. The molecular weight excluding hydrogens is 302 g/mol. The van der Waals surface area contributed by atoms with Crippen molar-refractivity contribution in [1.29, 1.82) is 0 Å². The summed E-state index contributed by atoms with van der Waals surface area (Å²) in [6.45, 7) is 9.95. The number of nitrogens with one attached hydrogen (secondary N) is 1. The predicted molar refractivity (Wildman–Crippen MR) is 97.2 cm³/mol. The Hall–Kier alpha value is -1.62. The van der Waals surface area contributed by atoms with Gasteiger partial charge in [0.25, 0.3) is 5.91 Å². The summed E-state index contributed by atoms with van der Waals surface area (Å²) in [7, 11) is 0. The number of hydrogen-bond acceptors (Lipinski definition) is 4. The van der Waals surface area contributed by atoms with Crippen molar-refractivity contribution in [3.63, 3.8) is 0 Å². The Bertz CT molecular complexity index is 537. The van der Waals surface area contributed by atoms with E-state index in [4.69, 9.17) is 0 Å². The molecule has 1 amide bonds. The third-order valence-corrected chi connectivity index (χ3v) is 4.55. The average molecular weight is 333 g/mol. The number of piperidine rings is 1. The second-order valence-electron chi connectivity index (χ2n) is 7.55. The zero-order valence-electron chi connectivity index (χ0n) is 15.3. The second kappa shape index (κ2) is 8.47. The molecule has 1 aromatic rings. The molecule has 1 aromatic heterocycles. The van der Waals surface area contributed by atoms with Crippen LogP contribution in [0.4, 0.5) is 5.82 Å². The first kappa shape index (κ1) is 18.7. The van der Waals surface area contributed by atoms with Gasteiger partial charge < -0.3 is 15.3 Å². The van der Waals surface area contributed by atoms with Crippen molar-refractivity contribution >= 4 is 11.7 Å². The molecule has 0 spiro atoms. The van der Waals surface area contributed by atoms with Crippen LogP contribution >= 0.6 is 0 Å². The number of aromatic nitrogens is 1. The smallest absolute Gasteiger partial charge is 0.251 e. The number of carbonyl (C=O) groups is 1. The van der Waals surface area contributed by atoms with Gasteiger partial charge in [-0.15, -0.1) is 0 Å². The Kier molecular flexibility index (Phi) is 6.60. The monoisotopic (exact) mass is 333 g/mol. The van der Waals surface area contributed by atoms with E-state index in [2.05, 4.69) is 29.0 Å². The van der Waals surface area contributed by atoms with Gasteiger partial charge in [-0.25, -0.2) is 4.98 Å². The van der Waals surface area contributed by atoms with Gasteiger partial charge in [-0.2, -0.15) is 0 Å². The van der Waals surface area contributed by atoms with Crippen molar-refractivity contribution < 1.29 is 9.90 Å². The molecule has 0 unspecified atom stereocenters. The fourth-order valence-corrected chi connectivity index (χ4v) is 3.27. The molecule has 0 bridgehead atoms. The molecule has 5 heteroatoms. The molecule has 1 aliphatic rings. The van der Waals surface area contributed by atoms with Crippen LogP contribution in [0.5, 0.6) is 0 Å². The first-order chi connectivity index (χ1) is 11.4. The molecule has 0 aromatic carbocycles. The van der Waals surface area contributed by atoms with Gasteiger partial charge in [0, 0.05) is 30.9 Å². The van der Waals surface area contributed by atoms with Gasteiger partial charge in [0.15, 0.2) is 0 Å². The van der Waals surface area contributed by atoms with Gasteiger partial charge in [0.05, 0.1) is 6.10 Å². The highest BCUT2D eigenvalue weighted by atomic mass is 16.3. The molecule has 1 aliphatic heterocycles. The predicted octanol–water partition coefficient (Wildman–Crippen LogP) is 2.84. The molecule has 2 rings (SSSR count).